The molecule has 0 bridgehead atoms. The summed E-state index contributed by atoms with van der Waals surface area (Å²) < 4.78 is 0. The summed E-state index contributed by atoms with van der Waals surface area (Å²) >= 11 is 6.23. The fourth-order valence-corrected chi connectivity index (χ4v) is 3.22. The average Bonchev–Trinajstić information content (AvgIpc) is 2.42. The molecule has 1 saturated heterocycles. The number of nitrogens with zero attached hydrogens (tertiary/aromatic N) is 1. The van der Waals surface area contributed by atoms with Crippen molar-refractivity contribution in [2.24, 2.45) is 0 Å². The van der Waals surface area contributed by atoms with E-state index in [2.05, 4.69) is 36.2 Å². The van der Waals surface area contributed by atoms with Crippen LogP contribution < -0.4 is 5.32 Å². The van der Waals surface area contributed by atoms with Crippen molar-refractivity contribution >= 4 is 11.6 Å². The van der Waals surface area contributed by atoms with Crippen LogP contribution in [0.1, 0.15) is 43.7 Å². The Morgan fingerprint density at radius 3 is 2.95 bits per heavy atom. The van der Waals surface area contributed by atoms with Gasteiger partial charge in [-0.3, -0.25) is 0 Å². The molecule has 1 atom stereocenters. The molecule has 1 heterocycles. The number of aryl methyl sites for hydroxylation is 1. The third kappa shape index (κ3) is 4.76. The molecular weight excluding hydrogens is 268 g/mol. The van der Waals surface area contributed by atoms with Gasteiger partial charge in [0.1, 0.15) is 0 Å². The first-order valence-corrected chi connectivity index (χ1v) is 8.24. The van der Waals surface area contributed by atoms with Gasteiger partial charge in [0.25, 0.3) is 0 Å². The number of benzene rings is 1. The maximum Gasteiger partial charge on any atom is 0.0453 e. The van der Waals surface area contributed by atoms with Crippen LogP contribution in [0.25, 0.3) is 0 Å². The number of nitrogens with one attached hydrogen (secondary N) is 1. The second-order valence-corrected chi connectivity index (χ2v) is 6.41. The van der Waals surface area contributed by atoms with E-state index >= 15 is 0 Å². The van der Waals surface area contributed by atoms with Crippen LogP contribution in [-0.4, -0.2) is 30.6 Å². The van der Waals surface area contributed by atoms with Crippen molar-refractivity contribution in [3.8, 4) is 0 Å². The normalized spacial score (nSPS) is 20.2. The minimum atomic E-state index is 0.773. The first-order chi connectivity index (χ1) is 9.66. The van der Waals surface area contributed by atoms with Crippen molar-refractivity contribution in [1.82, 2.24) is 10.2 Å². The monoisotopic (exact) mass is 294 g/mol. The third-order valence-corrected chi connectivity index (χ3v) is 4.62. The van der Waals surface area contributed by atoms with Gasteiger partial charge in [-0.15, -0.1) is 0 Å². The molecule has 1 fully saturated rings. The van der Waals surface area contributed by atoms with E-state index < -0.39 is 0 Å². The van der Waals surface area contributed by atoms with E-state index in [0.29, 0.717) is 0 Å². The van der Waals surface area contributed by atoms with Crippen molar-refractivity contribution in [1.29, 1.82) is 0 Å². The smallest absolute Gasteiger partial charge is 0.0453 e. The zero-order valence-electron chi connectivity index (χ0n) is 12.8. The molecule has 2 nitrogen and oxygen atoms in total. The molecule has 20 heavy (non-hydrogen) atoms. The van der Waals surface area contributed by atoms with Crippen LogP contribution in [0, 0.1) is 6.92 Å². The van der Waals surface area contributed by atoms with Gasteiger partial charge in [0, 0.05) is 17.6 Å². The van der Waals surface area contributed by atoms with E-state index in [0.717, 1.165) is 24.2 Å². The van der Waals surface area contributed by atoms with Gasteiger partial charge in [0.15, 0.2) is 0 Å². The van der Waals surface area contributed by atoms with E-state index in [1.54, 1.807) is 0 Å². The summed E-state index contributed by atoms with van der Waals surface area (Å²) in [6.07, 6.45) is 5.36. The van der Waals surface area contributed by atoms with Crippen LogP contribution in [0.3, 0.4) is 0 Å². The molecule has 0 aromatic heterocycles. The van der Waals surface area contributed by atoms with E-state index in [1.807, 2.05) is 6.07 Å². The lowest BCUT2D eigenvalue weighted by Crippen LogP contribution is -2.38. The Balaban J connectivity index is 1.64. The molecule has 112 valence electrons. The lowest BCUT2D eigenvalue weighted by atomic mass is 10.0. The number of halogens is 1. The summed E-state index contributed by atoms with van der Waals surface area (Å²) in [5, 5.41) is 4.38. The van der Waals surface area contributed by atoms with Gasteiger partial charge < -0.3 is 10.2 Å². The highest BCUT2D eigenvalue weighted by Gasteiger charge is 2.16. The molecule has 1 aliphatic heterocycles. The van der Waals surface area contributed by atoms with Crippen LogP contribution in [0.4, 0.5) is 0 Å². The Morgan fingerprint density at radius 2 is 2.20 bits per heavy atom. The number of rotatable bonds is 6. The molecular formula is C17H27ClN2. The zero-order chi connectivity index (χ0) is 14.4. The molecule has 1 N–H and O–H groups in total. The van der Waals surface area contributed by atoms with Crippen molar-refractivity contribution in [2.75, 3.05) is 19.6 Å². The Bertz CT molecular complexity index is 419. The summed E-state index contributed by atoms with van der Waals surface area (Å²) in [5.41, 5.74) is 2.42. The quantitative estimate of drug-likeness (QED) is 0.798. The third-order valence-electron chi connectivity index (χ3n) is 4.26. The molecule has 0 spiro atoms. The number of hydrogen-bond acceptors (Lipinski definition) is 2. The van der Waals surface area contributed by atoms with E-state index in [4.69, 9.17) is 11.6 Å². The standard InChI is InChI=1S/C17H27ClN2/c1-14-7-8-16(17(18)12-14)13-19-9-5-11-20-10-4-3-6-15(20)2/h7-8,12,15,19H,3-6,9-11,13H2,1-2H3. The van der Waals surface area contributed by atoms with Gasteiger partial charge in [-0.1, -0.05) is 30.2 Å². The van der Waals surface area contributed by atoms with Gasteiger partial charge in [0.2, 0.25) is 0 Å². The second-order valence-electron chi connectivity index (χ2n) is 6.01. The molecule has 0 aliphatic carbocycles. The summed E-state index contributed by atoms with van der Waals surface area (Å²) in [7, 11) is 0. The zero-order valence-corrected chi connectivity index (χ0v) is 13.5. The van der Waals surface area contributed by atoms with Crippen LogP contribution >= 0.6 is 11.6 Å². The second kappa shape index (κ2) is 8.02. The summed E-state index contributed by atoms with van der Waals surface area (Å²) in [6.45, 7) is 8.87. The molecule has 2 rings (SSSR count). The van der Waals surface area contributed by atoms with E-state index in [-0.39, 0.29) is 0 Å². The topological polar surface area (TPSA) is 15.3 Å². The van der Waals surface area contributed by atoms with Crippen LogP contribution in [0.5, 0.6) is 0 Å². The minimum Gasteiger partial charge on any atom is -0.313 e. The maximum atomic E-state index is 6.23. The van der Waals surface area contributed by atoms with Crippen molar-refractivity contribution < 1.29 is 0 Å². The largest absolute Gasteiger partial charge is 0.313 e. The van der Waals surface area contributed by atoms with Gasteiger partial charge in [-0.2, -0.15) is 0 Å². The van der Waals surface area contributed by atoms with Crippen molar-refractivity contribution in [3.05, 3.63) is 34.3 Å². The fraction of sp³-hybridized carbons (Fsp3) is 0.647. The first-order valence-electron chi connectivity index (χ1n) is 7.86. The lowest BCUT2D eigenvalue weighted by Gasteiger charge is -2.33. The molecule has 1 unspecified atom stereocenters. The Labute approximate surface area is 128 Å². The fourth-order valence-electron chi connectivity index (χ4n) is 2.92. The lowest BCUT2D eigenvalue weighted by molar-refractivity contribution is 0.159. The molecule has 1 aromatic carbocycles. The van der Waals surface area contributed by atoms with Crippen LogP contribution in [0.2, 0.25) is 5.02 Å². The predicted octanol–water partition coefficient (Wildman–Crippen LogP) is 4.00. The summed E-state index contributed by atoms with van der Waals surface area (Å²) in [6, 6.07) is 7.05. The van der Waals surface area contributed by atoms with Crippen molar-refractivity contribution in [3.63, 3.8) is 0 Å². The highest BCUT2D eigenvalue weighted by atomic mass is 35.5. The highest BCUT2D eigenvalue weighted by Crippen LogP contribution is 2.18. The van der Waals surface area contributed by atoms with Crippen LogP contribution in [-0.2, 0) is 6.54 Å². The van der Waals surface area contributed by atoms with E-state index in [1.165, 1.54) is 49.9 Å². The Hall–Kier alpha value is -0.570. The summed E-state index contributed by atoms with van der Waals surface area (Å²) in [5.74, 6) is 0. The molecule has 1 aromatic rings. The minimum absolute atomic E-state index is 0.773. The van der Waals surface area contributed by atoms with Gasteiger partial charge in [-0.25, -0.2) is 0 Å². The van der Waals surface area contributed by atoms with Crippen molar-refractivity contribution in [2.45, 2.75) is 52.1 Å². The van der Waals surface area contributed by atoms with Gasteiger partial charge in [0.05, 0.1) is 0 Å². The Morgan fingerprint density at radius 1 is 1.35 bits per heavy atom. The number of hydrogen-bond donors (Lipinski definition) is 1. The molecule has 0 saturated carbocycles. The van der Waals surface area contributed by atoms with Crippen LogP contribution in [0.15, 0.2) is 18.2 Å². The van der Waals surface area contributed by atoms with E-state index in [9.17, 15) is 0 Å². The molecule has 0 amide bonds. The SMILES string of the molecule is Cc1ccc(CNCCCN2CCCCC2C)c(Cl)c1. The highest BCUT2D eigenvalue weighted by molar-refractivity contribution is 6.31. The predicted molar refractivity (Wildman–Crippen MR) is 87.4 cm³/mol. The average molecular weight is 295 g/mol. The summed E-state index contributed by atoms with van der Waals surface area (Å²) in [4.78, 5) is 2.63. The first kappa shape index (κ1) is 15.8. The molecule has 1 aliphatic rings. The Kier molecular flexibility index (Phi) is 6.34. The van der Waals surface area contributed by atoms with Gasteiger partial charge in [-0.05, 0) is 69.9 Å². The van der Waals surface area contributed by atoms with Gasteiger partial charge >= 0.3 is 0 Å². The number of piperidine rings is 1. The number of likely N-dealkylation sites (tertiary alicyclic amines) is 1. The maximum absolute atomic E-state index is 6.23. The molecule has 0 radical (unpaired) electrons. The molecule has 3 heteroatoms.